The van der Waals surface area contributed by atoms with Crippen LogP contribution in [0.25, 0.3) is 0 Å². The van der Waals surface area contributed by atoms with Crippen LogP contribution in [0, 0.1) is 0 Å². The lowest BCUT2D eigenvalue weighted by atomic mass is 10.1. The topological polar surface area (TPSA) is 56.2 Å². The number of rotatable bonds is 6. The minimum Gasteiger partial charge on any atom is -0.388 e. The molecule has 0 radical (unpaired) electrons. The monoisotopic (exact) mass is 429 g/mol. The molecule has 3 rings (SSSR count). The van der Waals surface area contributed by atoms with E-state index < -0.39 is 6.10 Å². The van der Waals surface area contributed by atoms with Crippen LogP contribution in [0.4, 0.5) is 0 Å². The summed E-state index contributed by atoms with van der Waals surface area (Å²) in [6.07, 6.45) is 0.249. The Morgan fingerprint density at radius 3 is 2.29 bits per heavy atom. The number of benzene rings is 1. The molecule has 6 nitrogen and oxygen atoms in total. The second-order valence-electron chi connectivity index (χ2n) is 7.45. The second-order valence-corrected chi connectivity index (χ2v) is 8.33. The van der Waals surface area contributed by atoms with Gasteiger partial charge in [0.25, 0.3) is 0 Å². The van der Waals surface area contributed by atoms with Gasteiger partial charge in [-0.05, 0) is 30.2 Å². The van der Waals surface area contributed by atoms with Gasteiger partial charge in [0.2, 0.25) is 5.91 Å². The lowest BCUT2D eigenvalue weighted by molar-refractivity contribution is -0.135. The molecule has 1 amide bonds. The summed E-state index contributed by atoms with van der Waals surface area (Å²) in [7, 11) is 0. The van der Waals surface area contributed by atoms with E-state index in [2.05, 4.69) is 9.80 Å². The summed E-state index contributed by atoms with van der Waals surface area (Å²) in [4.78, 5) is 19.3. The fourth-order valence-corrected chi connectivity index (χ4v) is 4.25. The van der Waals surface area contributed by atoms with Crippen LogP contribution in [0.2, 0.25) is 10.0 Å². The van der Waals surface area contributed by atoms with E-state index in [0.717, 1.165) is 58.9 Å². The molecule has 2 heterocycles. The van der Waals surface area contributed by atoms with Crippen LogP contribution in [0.1, 0.15) is 24.5 Å². The predicted molar refractivity (Wildman–Crippen MR) is 111 cm³/mol. The lowest BCUT2D eigenvalue weighted by Gasteiger charge is -2.36. The summed E-state index contributed by atoms with van der Waals surface area (Å²) in [6, 6.07) is 4.91. The largest absolute Gasteiger partial charge is 0.388 e. The molecular weight excluding hydrogens is 401 g/mol. The normalized spacial score (nSPS) is 20.8. The van der Waals surface area contributed by atoms with Crippen molar-refractivity contribution in [1.82, 2.24) is 14.7 Å². The van der Waals surface area contributed by atoms with E-state index in [1.165, 1.54) is 0 Å². The van der Waals surface area contributed by atoms with Crippen molar-refractivity contribution in [2.24, 2.45) is 0 Å². The van der Waals surface area contributed by atoms with Gasteiger partial charge in [0.05, 0.1) is 19.1 Å². The number of piperazine rings is 1. The average molecular weight is 430 g/mol. The Morgan fingerprint density at radius 1 is 0.964 bits per heavy atom. The molecule has 1 atom stereocenters. The van der Waals surface area contributed by atoms with Crippen LogP contribution in [0.15, 0.2) is 18.2 Å². The molecule has 8 heteroatoms. The number of halogens is 2. The second kappa shape index (κ2) is 10.8. The van der Waals surface area contributed by atoms with Gasteiger partial charge in [0.1, 0.15) is 0 Å². The maximum atomic E-state index is 12.6. The quantitative estimate of drug-likeness (QED) is 0.751. The van der Waals surface area contributed by atoms with Crippen molar-refractivity contribution in [3.8, 4) is 0 Å². The molecular formula is C20H29Cl2N3O3. The molecule has 156 valence electrons. The molecule has 2 aliphatic heterocycles. The number of hydrogen-bond donors (Lipinski definition) is 1. The molecule has 0 spiro atoms. The van der Waals surface area contributed by atoms with E-state index in [4.69, 9.17) is 27.9 Å². The van der Waals surface area contributed by atoms with Crippen molar-refractivity contribution in [3.05, 3.63) is 33.8 Å². The highest BCUT2D eigenvalue weighted by Gasteiger charge is 2.24. The number of nitrogens with zero attached hydrogens (tertiary/aromatic N) is 3. The zero-order valence-corrected chi connectivity index (χ0v) is 17.7. The van der Waals surface area contributed by atoms with Gasteiger partial charge in [-0.2, -0.15) is 0 Å². The highest BCUT2D eigenvalue weighted by atomic mass is 35.5. The summed E-state index contributed by atoms with van der Waals surface area (Å²) in [5.41, 5.74) is 0.575. The number of ether oxygens (including phenoxy) is 1. The van der Waals surface area contributed by atoms with Gasteiger partial charge in [-0.15, -0.1) is 0 Å². The summed E-state index contributed by atoms with van der Waals surface area (Å²) >= 11 is 12.0. The van der Waals surface area contributed by atoms with Crippen LogP contribution in [-0.4, -0.2) is 91.3 Å². The van der Waals surface area contributed by atoms with Gasteiger partial charge >= 0.3 is 0 Å². The van der Waals surface area contributed by atoms with Crippen molar-refractivity contribution < 1.29 is 14.6 Å². The van der Waals surface area contributed by atoms with Gasteiger partial charge in [-0.1, -0.05) is 23.2 Å². The van der Waals surface area contributed by atoms with E-state index in [1.807, 2.05) is 4.90 Å². The molecule has 2 aliphatic rings. The first-order chi connectivity index (χ1) is 13.5. The van der Waals surface area contributed by atoms with Crippen molar-refractivity contribution >= 4 is 29.1 Å². The van der Waals surface area contributed by atoms with Crippen LogP contribution in [0.3, 0.4) is 0 Å². The maximum absolute atomic E-state index is 12.6. The first kappa shape index (κ1) is 21.8. The first-order valence-corrected chi connectivity index (χ1v) is 10.7. The lowest BCUT2D eigenvalue weighted by Crippen LogP contribution is -2.50. The van der Waals surface area contributed by atoms with Crippen LogP contribution < -0.4 is 0 Å². The molecule has 0 aliphatic carbocycles. The van der Waals surface area contributed by atoms with Crippen LogP contribution in [-0.2, 0) is 9.53 Å². The molecule has 1 aromatic rings. The molecule has 1 unspecified atom stereocenters. The molecule has 2 saturated heterocycles. The van der Waals surface area contributed by atoms with Gasteiger partial charge in [-0.25, -0.2) is 0 Å². The third kappa shape index (κ3) is 6.58. The van der Waals surface area contributed by atoms with Gasteiger partial charge < -0.3 is 14.7 Å². The Bertz CT molecular complexity index is 625. The summed E-state index contributed by atoms with van der Waals surface area (Å²) in [5.74, 6) is -0.0343. The van der Waals surface area contributed by atoms with Gasteiger partial charge in [0, 0.05) is 69.0 Å². The minimum absolute atomic E-state index is 0.0343. The summed E-state index contributed by atoms with van der Waals surface area (Å²) < 4.78 is 5.50. The standard InChI is InChI=1S/C20H29Cl2N3O3/c21-17-12-16(13-18(22)14-17)19(26)15-20(27)25-7-5-24(6-8-25)4-3-23-2-1-10-28-11-9-23/h12-14,19,26H,1-11,15H2. The smallest absolute Gasteiger partial charge is 0.225 e. The van der Waals surface area contributed by atoms with E-state index >= 15 is 0 Å². The average Bonchev–Trinajstić information content (AvgIpc) is 2.95. The Labute approximate surface area is 176 Å². The van der Waals surface area contributed by atoms with E-state index in [9.17, 15) is 9.90 Å². The fraction of sp³-hybridized carbons (Fsp3) is 0.650. The van der Waals surface area contributed by atoms with E-state index in [-0.39, 0.29) is 12.3 Å². The molecule has 0 saturated carbocycles. The highest BCUT2D eigenvalue weighted by Crippen LogP contribution is 2.25. The van der Waals surface area contributed by atoms with Gasteiger partial charge in [0.15, 0.2) is 0 Å². The summed E-state index contributed by atoms with van der Waals surface area (Å²) in [5, 5.41) is 11.3. The van der Waals surface area contributed by atoms with E-state index in [0.29, 0.717) is 28.7 Å². The predicted octanol–water partition coefficient (Wildman–Crippen LogP) is 2.28. The van der Waals surface area contributed by atoms with E-state index in [1.54, 1.807) is 18.2 Å². The number of aliphatic hydroxyl groups excluding tert-OH is 1. The number of hydrogen-bond acceptors (Lipinski definition) is 5. The molecule has 1 N–H and O–H groups in total. The Balaban J connectivity index is 1.40. The number of carbonyl (C=O) groups excluding carboxylic acids is 1. The first-order valence-electron chi connectivity index (χ1n) is 9.95. The van der Waals surface area contributed by atoms with Crippen molar-refractivity contribution in [2.75, 3.05) is 65.6 Å². The number of aliphatic hydroxyl groups is 1. The third-order valence-corrected chi connectivity index (χ3v) is 5.85. The SMILES string of the molecule is O=C(CC(O)c1cc(Cl)cc(Cl)c1)N1CCN(CCN2CCCOCC2)CC1. The maximum Gasteiger partial charge on any atom is 0.225 e. The number of carbonyl (C=O) groups is 1. The Kier molecular flexibility index (Phi) is 8.38. The summed E-state index contributed by atoms with van der Waals surface area (Å²) in [6.45, 7) is 9.00. The molecule has 2 fully saturated rings. The van der Waals surface area contributed by atoms with Gasteiger partial charge in [-0.3, -0.25) is 14.6 Å². The number of amides is 1. The molecule has 0 bridgehead atoms. The Hall–Kier alpha value is -0.890. The van der Waals surface area contributed by atoms with Crippen LogP contribution >= 0.6 is 23.2 Å². The zero-order chi connectivity index (χ0) is 19.9. The minimum atomic E-state index is -0.896. The van der Waals surface area contributed by atoms with Crippen LogP contribution in [0.5, 0.6) is 0 Å². The van der Waals surface area contributed by atoms with Crippen molar-refractivity contribution in [2.45, 2.75) is 18.9 Å². The molecule has 0 aromatic heterocycles. The molecule has 1 aromatic carbocycles. The third-order valence-electron chi connectivity index (χ3n) is 5.41. The molecule has 28 heavy (non-hydrogen) atoms. The van der Waals surface area contributed by atoms with Crippen molar-refractivity contribution in [3.63, 3.8) is 0 Å². The van der Waals surface area contributed by atoms with Crippen molar-refractivity contribution in [1.29, 1.82) is 0 Å². The fourth-order valence-electron chi connectivity index (χ4n) is 3.70. The highest BCUT2D eigenvalue weighted by molar-refractivity contribution is 6.34. The zero-order valence-electron chi connectivity index (χ0n) is 16.2. The Morgan fingerprint density at radius 2 is 1.61 bits per heavy atom.